The van der Waals surface area contributed by atoms with Gasteiger partial charge in [0.05, 0.1) is 18.4 Å². The van der Waals surface area contributed by atoms with Gasteiger partial charge in [0.15, 0.2) is 11.0 Å². The third-order valence-corrected chi connectivity index (χ3v) is 4.81. The second-order valence-electron chi connectivity index (χ2n) is 5.47. The average Bonchev–Trinajstić information content (AvgIpc) is 3.26. The molecule has 0 spiro atoms. The molecule has 0 aliphatic carbocycles. The van der Waals surface area contributed by atoms with Gasteiger partial charge in [0.1, 0.15) is 5.75 Å². The number of imide groups is 1. The molecule has 3 rings (SSSR count). The topological polar surface area (TPSA) is 89.4 Å². The molecular formula is C17H19N5O3S. The summed E-state index contributed by atoms with van der Waals surface area (Å²) < 4.78 is 7.27. The van der Waals surface area contributed by atoms with Crippen LogP contribution in [0.25, 0.3) is 11.4 Å². The van der Waals surface area contributed by atoms with E-state index in [1.807, 2.05) is 28.8 Å². The number of carbonyl (C=O) groups is 2. The lowest BCUT2D eigenvalue weighted by Crippen LogP contribution is -2.35. The number of urea groups is 1. The molecular weight excluding hydrogens is 354 g/mol. The Morgan fingerprint density at radius 2 is 2.23 bits per heavy atom. The van der Waals surface area contributed by atoms with Crippen molar-refractivity contribution in [1.29, 1.82) is 0 Å². The molecule has 0 unspecified atom stereocenters. The van der Waals surface area contributed by atoms with E-state index in [0.29, 0.717) is 36.4 Å². The van der Waals surface area contributed by atoms with Gasteiger partial charge >= 0.3 is 6.03 Å². The second kappa shape index (κ2) is 8.05. The van der Waals surface area contributed by atoms with Crippen molar-refractivity contribution in [2.75, 3.05) is 26.0 Å². The van der Waals surface area contributed by atoms with E-state index in [1.165, 1.54) is 16.7 Å². The number of hydrogen-bond acceptors (Lipinski definition) is 6. The Morgan fingerprint density at radius 1 is 1.42 bits per heavy atom. The largest absolute Gasteiger partial charge is 0.496 e. The van der Waals surface area contributed by atoms with Gasteiger partial charge in [-0.05, 0) is 12.1 Å². The highest BCUT2D eigenvalue weighted by Gasteiger charge is 2.26. The normalized spacial score (nSPS) is 13.6. The highest BCUT2D eigenvalue weighted by atomic mass is 32.2. The highest BCUT2D eigenvalue weighted by Crippen LogP contribution is 2.31. The van der Waals surface area contributed by atoms with Gasteiger partial charge in [0, 0.05) is 19.6 Å². The van der Waals surface area contributed by atoms with E-state index in [-0.39, 0.29) is 17.7 Å². The molecule has 0 saturated carbocycles. The Kier molecular flexibility index (Phi) is 5.57. The van der Waals surface area contributed by atoms with Crippen molar-refractivity contribution < 1.29 is 14.3 Å². The van der Waals surface area contributed by atoms with E-state index in [2.05, 4.69) is 22.1 Å². The first kappa shape index (κ1) is 18.0. The summed E-state index contributed by atoms with van der Waals surface area (Å²) >= 11 is 1.24. The third-order valence-electron chi connectivity index (χ3n) is 3.86. The lowest BCUT2D eigenvalue weighted by Gasteiger charge is -2.12. The molecule has 1 aliphatic rings. The summed E-state index contributed by atoms with van der Waals surface area (Å²) in [5, 5.41) is 11.7. The van der Waals surface area contributed by atoms with Gasteiger partial charge in [-0.15, -0.1) is 16.8 Å². The Hall–Kier alpha value is -2.81. The number of nitrogens with one attached hydrogen (secondary N) is 1. The van der Waals surface area contributed by atoms with Crippen LogP contribution in [0, 0.1) is 0 Å². The van der Waals surface area contributed by atoms with Crippen molar-refractivity contribution in [3.05, 3.63) is 36.9 Å². The van der Waals surface area contributed by atoms with E-state index in [4.69, 9.17) is 4.74 Å². The summed E-state index contributed by atoms with van der Waals surface area (Å²) in [6, 6.07) is 7.18. The maximum absolute atomic E-state index is 12.2. The number of allylic oxidation sites excluding steroid dienone is 1. The molecule has 1 aliphatic heterocycles. The monoisotopic (exact) mass is 373 g/mol. The maximum atomic E-state index is 12.2. The number of carbonyl (C=O) groups excluding carboxylic acids is 2. The third kappa shape index (κ3) is 3.57. The van der Waals surface area contributed by atoms with Crippen molar-refractivity contribution in [1.82, 2.24) is 25.0 Å². The van der Waals surface area contributed by atoms with Crippen molar-refractivity contribution in [3.8, 4) is 17.1 Å². The Bertz CT molecular complexity index is 836. The fraction of sp³-hybridized carbons (Fsp3) is 0.294. The minimum absolute atomic E-state index is 0.106. The maximum Gasteiger partial charge on any atom is 0.324 e. The molecule has 1 N–H and O–H groups in total. The lowest BCUT2D eigenvalue weighted by molar-refractivity contribution is -0.124. The number of hydrogen-bond donors (Lipinski definition) is 1. The zero-order valence-electron chi connectivity index (χ0n) is 14.3. The standard InChI is InChI=1S/C17H19N5O3S/c1-3-9-22-15(12-6-4-5-7-13(12)25-2)19-20-17(22)26-11-14(23)21-10-8-18-16(21)24/h3-7H,1,8-11H2,2H3,(H,18,24). The van der Waals surface area contributed by atoms with Crippen molar-refractivity contribution in [2.45, 2.75) is 11.7 Å². The minimum Gasteiger partial charge on any atom is -0.496 e. The van der Waals surface area contributed by atoms with Crippen LogP contribution in [-0.4, -0.2) is 57.6 Å². The molecule has 1 fully saturated rings. The quantitative estimate of drug-likeness (QED) is 0.588. The summed E-state index contributed by atoms with van der Waals surface area (Å²) in [7, 11) is 1.60. The first-order chi connectivity index (χ1) is 12.7. The Morgan fingerprint density at radius 3 is 2.92 bits per heavy atom. The second-order valence-corrected chi connectivity index (χ2v) is 6.41. The van der Waals surface area contributed by atoms with Gasteiger partial charge in [-0.25, -0.2) is 4.79 Å². The van der Waals surface area contributed by atoms with Crippen LogP contribution in [0.4, 0.5) is 4.79 Å². The highest BCUT2D eigenvalue weighted by molar-refractivity contribution is 7.99. The smallest absolute Gasteiger partial charge is 0.324 e. The summed E-state index contributed by atoms with van der Waals surface area (Å²) in [5.41, 5.74) is 0.807. The molecule has 9 heteroatoms. The van der Waals surface area contributed by atoms with E-state index in [0.717, 1.165) is 5.56 Å². The van der Waals surface area contributed by atoms with Crippen LogP contribution in [-0.2, 0) is 11.3 Å². The number of amides is 3. The van der Waals surface area contributed by atoms with Gasteiger partial charge in [0.25, 0.3) is 0 Å². The van der Waals surface area contributed by atoms with Gasteiger partial charge in [-0.3, -0.25) is 14.3 Å². The van der Waals surface area contributed by atoms with Crippen LogP contribution in [0.5, 0.6) is 5.75 Å². The first-order valence-electron chi connectivity index (χ1n) is 8.04. The average molecular weight is 373 g/mol. The van der Waals surface area contributed by atoms with Gasteiger partial charge in [-0.1, -0.05) is 30.0 Å². The van der Waals surface area contributed by atoms with E-state index < -0.39 is 0 Å². The summed E-state index contributed by atoms with van der Waals surface area (Å²) in [6.07, 6.45) is 1.74. The minimum atomic E-state index is -0.349. The fourth-order valence-corrected chi connectivity index (χ4v) is 3.46. The molecule has 2 aromatic rings. The van der Waals surface area contributed by atoms with Gasteiger partial charge in [-0.2, -0.15) is 0 Å². The molecule has 1 saturated heterocycles. The number of nitrogens with zero attached hydrogens (tertiary/aromatic N) is 4. The molecule has 26 heavy (non-hydrogen) atoms. The van der Waals surface area contributed by atoms with Crippen LogP contribution >= 0.6 is 11.8 Å². The number of para-hydroxylation sites is 1. The molecule has 0 radical (unpaired) electrons. The number of methoxy groups -OCH3 is 1. The summed E-state index contributed by atoms with van der Waals surface area (Å²) in [4.78, 5) is 25.0. The van der Waals surface area contributed by atoms with E-state index in [9.17, 15) is 9.59 Å². The first-order valence-corrected chi connectivity index (χ1v) is 9.02. The van der Waals surface area contributed by atoms with E-state index in [1.54, 1.807) is 13.2 Å². The molecule has 0 atom stereocenters. The summed E-state index contributed by atoms with van der Waals surface area (Å²) in [6.45, 7) is 5.14. The predicted molar refractivity (Wildman–Crippen MR) is 98.0 cm³/mol. The number of benzene rings is 1. The Labute approximate surface area is 155 Å². The number of ether oxygens (including phenoxy) is 1. The fourth-order valence-electron chi connectivity index (χ4n) is 2.63. The van der Waals surface area contributed by atoms with Gasteiger partial charge in [0.2, 0.25) is 5.91 Å². The molecule has 1 aromatic heterocycles. The molecule has 0 bridgehead atoms. The van der Waals surface area contributed by atoms with Gasteiger partial charge < -0.3 is 10.1 Å². The molecule has 2 heterocycles. The van der Waals surface area contributed by atoms with E-state index >= 15 is 0 Å². The Balaban J connectivity index is 1.82. The molecule has 136 valence electrons. The SMILES string of the molecule is C=CCn1c(SCC(=O)N2CCNC2=O)nnc1-c1ccccc1OC. The van der Waals surface area contributed by atoms with Crippen LogP contribution in [0.2, 0.25) is 0 Å². The van der Waals surface area contributed by atoms with Crippen LogP contribution in [0.1, 0.15) is 0 Å². The van der Waals surface area contributed by atoms with Crippen molar-refractivity contribution in [2.24, 2.45) is 0 Å². The zero-order valence-corrected chi connectivity index (χ0v) is 15.2. The predicted octanol–water partition coefficient (Wildman–Crippen LogP) is 1.78. The number of thioether (sulfide) groups is 1. The lowest BCUT2D eigenvalue weighted by atomic mass is 10.2. The molecule has 3 amide bonds. The van der Waals surface area contributed by atoms with Crippen molar-refractivity contribution >= 4 is 23.7 Å². The van der Waals surface area contributed by atoms with Crippen LogP contribution in [0.3, 0.4) is 0 Å². The number of aromatic nitrogens is 3. The molecule has 1 aromatic carbocycles. The summed E-state index contributed by atoms with van der Waals surface area (Å²) in [5.74, 6) is 1.18. The van der Waals surface area contributed by atoms with Crippen LogP contribution < -0.4 is 10.1 Å². The van der Waals surface area contributed by atoms with Crippen molar-refractivity contribution in [3.63, 3.8) is 0 Å². The zero-order chi connectivity index (χ0) is 18.5. The van der Waals surface area contributed by atoms with Crippen LogP contribution in [0.15, 0.2) is 42.1 Å². The molecule has 8 nitrogen and oxygen atoms in total. The number of rotatable bonds is 7.